The van der Waals surface area contributed by atoms with Gasteiger partial charge in [-0.15, -0.1) is 0 Å². The molecule has 2 aromatic carbocycles. The summed E-state index contributed by atoms with van der Waals surface area (Å²) in [7, 11) is 0. The van der Waals surface area contributed by atoms with E-state index in [-0.39, 0.29) is 11.8 Å². The number of carbonyl (C=O) groups excluding carboxylic acids is 2. The van der Waals surface area contributed by atoms with Crippen LogP contribution >= 0.6 is 0 Å². The average molecular weight is 501 g/mol. The number of allylic oxidation sites excluding steroid dienone is 2. The molecular weight excluding hydrogens is 460 g/mol. The highest BCUT2D eigenvalue weighted by Crippen LogP contribution is 2.45. The minimum atomic E-state index is -0.427. The second kappa shape index (κ2) is 12.4. The molecule has 0 aromatic heterocycles. The zero-order valence-corrected chi connectivity index (χ0v) is 22.8. The fourth-order valence-corrected chi connectivity index (χ4v) is 5.59. The van der Waals surface area contributed by atoms with E-state index >= 15 is 0 Å². The molecule has 0 radical (unpaired) electrons. The van der Waals surface area contributed by atoms with Gasteiger partial charge in [0.2, 0.25) is 0 Å². The standard InChI is InChI=1S/C33H40O4/c1-5-9-22-13-15-24(11-7-3)28(19-22)36-32(34)30-26-17-18-27(21-26)31(30)33(35)37-29-20-23(10-6-2)14-16-25(29)12-8-4/h13-20,26-27H,5-12,21H2,1-4H3. The number of aryl methyl sites for hydroxylation is 4. The number of carbonyl (C=O) groups is 2. The summed E-state index contributed by atoms with van der Waals surface area (Å²) in [6.07, 6.45) is 12.3. The van der Waals surface area contributed by atoms with Gasteiger partial charge in [0, 0.05) is 11.8 Å². The minimum Gasteiger partial charge on any atom is -0.423 e. The molecule has 4 nitrogen and oxygen atoms in total. The van der Waals surface area contributed by atoms with Gasteiger partial charge < -0.3 is 9.47 Å². The maximum absolute atomic E-state index is 13.6. The predicted molar refractivity (Wildman–Crippen MR) is 148 cm³/mol. The first-order valence-corrected chi connectivity index (χ1v) is 14.1. The van der Waals surface area contributed by atoms with Crippen LogP contribution in [0.4, 0.5) is 0 Å². The van der Waals surface area contributed by atoms with Crippen molar-refractivity contribution in [1.29, 1.82) is 0 Å². The van der Waals surface area contributed by atoms with Crippen LogP contribution in [-0.4, -0.2) is 11.9 Å². The van der Waals surface area contributed by atoms with E-state index in [1.54, 1.807) is 0 Å². The lowest BCUT2D eigenvalue weighted by Gasteiger charge is -2.18. The third-order valence-electron chi connectivity index (χ3n) is 7.34. The maximum atomic E-state index is 13.6. The van der Waals surface area contributed by atoms with E-state index in [2.05, 4.69) is 52.0 Å². The summed E-state index contributed by atoms with van der Waals surface area (Å²) in [6, 6.07) is 12.4. The van der Waals surface area contributed by atoms with Crippen LogP contribution in [0, 0.1) is 11.8 Å². The third-order valence-corrected chi connectivity index (χ3v) is 7.34. The molecule has 0 saturated heterocycles. The number of fused-ring (bicyclic) bond motifs is 2. The van der Waals surface area contributed by atoms with Crippen molar-refractivity contribution in [3.05, 3.63) is 82.0 Å². The van der Waals surface area contributed by atoms with Gasteiger partial charge in [0.15, 0.2) is 0 Å². The van der Waals surface area contributed by atoms with Gasteiger partial charge in [-0.25, -0.2) is 9.59 Å². The molecule has 4 heteroatoms. The summed E-state index contributed by atoms with van der Waals surface area (Å²) in [6.45, 7) is 8.51. The molecule has 0 heterocycles. The summed E-state index contributed by atoms with van der Waals surface area (Å²) >= 11 is 0. The van der Waals surface area contributed by atoms with Crippen molar-refractivity contribution in [3.8, 4) is 11.5 Å². The van der Waals surface area contributed by atoms with Gasteiger partial charge in [0.05, 0.1) is 11.1 Å². The minimum absolute atomic E-state index is 0.102. The number of rotatable bonds is 12. The molecular formula is C33H40O4. The molecule has 0 fully saturated rings. The molecule has 0 saturated carbocycles. The van der Waals surface area contributed by atoms with Crippen molar-refractivity contribution < 1.29 is 19.1 Å². The Hall–Kier alpha value is -3.14. The van der Waals surface area contributed by atoms with Crippen LogP contribution in [-0.2, 0) is 35.3 Å². The number of ether oxygens (including phenoxy) is 2. The maximum Gasteiger partial charge on any atom is 0.340 e. The van der Waals surface area contributed by atoms with Crippen LogP contribution in [0.1, 0.15) is 82.1 Å². The summed E-state index contributed by atoms with van der Waals surface area (Å²) < 4.78 is 12.1. The van der Waals surface area contributed by atoms with Crippen LogP contribution in [0.25, 0.3) is 0 Å². The van der Waals surface area contributed by atoms with Gasteiger partial charge in [-0.2, -0.15) is 0 Å². The first-order valence-electron chi connectivity index (χ1n) is 14.1. The smallest absolute Gasteiger partial charge is 0.340 e. The van der Waals surface area contributed by atoms with Crippen molar-refractivity contribution in [2.45, 2.75) is 85.5 Å². The second-order valence-corrected chi connectivity index (χ2v) is 10.3. The average Bonchev–Trinajstić information content (AvgIpc) is 3.50. The third kappa shape index (κ3) is 6.06. The van der Waals surface area contributed by atoms with Gasteiger partial charge in [-0.1, -0.05) is 89.8 Å². The van der Waals surface area contributed by atoms with Gasteiger partial charge in [-0.05, 0) is 66.5 Å². The summed E-state index contributed by atoms with van der Waals surface area (Å²) in [4.78, 5) is 27.2. The molecule has 2 aromatic rings. The van der Waals surface area contributed by atoms with E-state index < -0.39 is 11.9 Å². The molecule has 2 bridgehead atoms. The predicted octanol–water partition coefficient (Wildman–Crippen LogP) is 7.51. The molecule has 0 aliphatic heterocycles. The van der Waals surface area contributed by atoms with Crippen LogP contribution < -0.4 is 9.47 Å². The Kier molecular flexibility index (Phi) is 9.02. The zero-order valence-electron chi connectivity index (χ0n) is 22.8. The lowest BCUT2D eigenvalue weighted by molar-refractivity contribution is -0.133. The second-order valence-electron chi connectivity index (χ2n) is 10.3. The van der Waals surface area contributed by atoms with Gasteiger partial charge in [0.1, 0.15) is 11.5 Å². The van der Waals surface area contributed by atoms with Gasteiger partial charge >= 0.3 is 11.9 Å². The van der Waals surface area contributed by atoms with Crippen molar-refractivity contribution in [2.24, 2.45) is 11.8 Å². The Labute approximate surface area is 221 Å². The molecule has 0 amide bonds. The van der Waals surface area contributed by atoms with E-state index in [1.165, 1.54) is 0 Å². The number of hydrogen-bond donors (Lipinski definition) is 0. The first kappa shape index (κ1) is 26.9. The Balaban J connectivity index is 1.63. The SMILES string of the molecule is CCCc1ccc(CCC)c(OC(=O)C2=C(C(=O)Oc3cc(CCC)ccc3CCC)C3C=CC2C3)c1. The van der Waals surface area contributed by atoms with Crippen molar-refractivity contribution in [2.75, 3.05) is 0 Å². The highest BCUT2D eigenvalue weighted by Gasteiger charge is 2.43. The topological polar surface area (TPSA) is 52.6 Å². The molecule has 2 unspecified atom stereocenters. The normalized spacial score (nSPS) is 17.9. The van der Waals surface area contributed by atoms with E-state index in [4.69, 9.17) is 9.47 Å². The summed E-state index contributed by atoms with van der Waals surface area (Å²) in [5.74, 6) is 0.168. The van der Waals surface area contributed by atoms with Crippen LogP contribution in [0.15, 0.2) is 59.7 Å². The molecule has 196 valence electrons. The number of benzene rings is 2. The summed E-state index contributed by atoms with van der Waals surface area (Å²) in [5, 5.41) is 0. The van der Waals surface area contributed by atoms with Crippen molar-refractivity contribution in [3.63, 3.8) is 0 Å². The largest absolute Gasteiger partial charge is 0.423 e. The van der Waals surface area contributed by atoms with Crippen LogP contribution in [0.3, 0.4) is 0 Å². The number of hydrogen-bond acceptors (Lipinski definition) is 4. The van der Waals surface area contributed by atoms with Crippen molar-refractivity contribution in [1.82, 2.24) is 0 Å². The molecule has 0 spiro atoms. The molecule has 2 aliphatic rings. The Morgan fingerprint density at radius 1 is 0.649 bits per heavy atom. The van der Waals surface area contributed by atoms with E-state index in [1.807, 2.05) is 24.3 Å². The first-order chi connectivity index (χ1) is 18.0. The monoisotopic (exact) mass is 500 g/mol. The van der Waals surface area contributed by atoms with E-state index in [0.717, 1.165) is 80.0 Å². The Bertz CT molecular complexity index is 1110. The molecule has 4 rings (SSSR count). The lowest BCUT2D eigenvalue weighted by Crippen LogP contribution is -2.23. The van der Waals surface area contributed by atoms with Crippen LogP contribution in [0.5, 0.6) is 11.5 Å². The van der Waals surface area contributed by atoms with Gasteiger partial charge in [0.25, 0.3) is 0 Å². The quantitative estimate of drug-likeness (QED) is 0.172. The fourth-order valence-electron chi connectivity index (χ4n) is 5.59. The molecule has 37 heavy (non-hydrogen) atoms. The zero-order chi connectivity index (χ0) is 26.4. The van der Waals surface area contributed by atoms with Gasteiger partial charge in [-0.3, -0.25) is 0 Å². The lowest BCUT2D eigenvalue weighted by atomic mass is 9.96. The summed E-state index contributed by atoms with van der Waals surface area (Å²) in [5.41, 5.74) is 5.28. The number of esters is 2. The molecule has 0 N–H and O–H groups in total. The fraction of sp³-hybridized carbons (Fsp3) is 0.455. The van der Waals surface area contributed by atoms with Crippen LogP contribution in [0.2, 0.25) is 0 Å². The Morgan fingerprint density at radius 3 is 1.43 bits per heavy atom. The van der Waals surface area contributed by atoms with E-state index in [9.17, 15) is 9.59 Å². The molecule has 2 aliphatic carbocycles. The highest BCUT2D eigenvalue weighted by atomic mass is 16.5. The van der Waals surface area contributed by atoms with E-state index in [0.29, 0.717) is 22.6 Å². The van der Waals surface area contributed by atoms with Crippen molar-refractivity contribution >= 4 is 11.9 Å². The molecule has 2 atom stereocenters. The highest BCUT2D eigenvalue weighted by molar-refractivity contribution is 6.04. The Morgan fingerprint density at radius 2 is 1.05 bits per heavy atom.